The standard InChI is InChI=1S/C13H15N3O2.C2HF3O2/c14-9-11-2-1-5-15-13(11)16-6-3-10(4-7-16)8-12(17)18;3-2(4,5)1(6)7/h1-2,5,10H,3-4,6-8H2,(H,17,18);(H,6,7). The van der Waals surface area contributed by atoms with Crippen molar-refractivity contribution in [2.45, 2.75) is 25.4 Å². The Balaban J connectivity index is 0.000000381. The van der Waals surface area contributed by atoms with Gasteiger partial charge < -0.3 is 15.1 Å². The van der Waals surface area contributed by atoms with Crippen molar-refractivity contribution in [3.05, 3.63) is 23.9 Å². The number of nitrogens with zero attached hydrogens (tertiary/aromatic N) is 3. The van der Waals surface area contributed by atoms with E-state index in [0.29, 0.717) is 11.4 Å². The van der Waals surface area contributed by atoms with E-state index in [4.69, 9.17) is 20.3 Å². The first-order chi connectivity index (χ1) is 11.6. The van der Waals surface area contributed by atoms with Gasteiger partial charge in [0.05, 0.1) is 5.56 Å². The van der Waals surface area contributed by atoms with E-state index in [2.05, 4.69) is 16.0 Å². The van der Waals surface area contributed by atoms with Gasteiger partial charge in [-0.15, -0.1) is 0 Å². The van der Waals surface area contributed by atoms with Gasteiger partial charge in [0.15, 0.2) is 0 Å². The maximum absolute atomic E-state index is 10.7. The number of aliphatic carboxylic acids is 2. The fourth-order valence-electron chi connectivity index (χ4n) is 2.33. The average Bonchev–Trinajstić information content (AvgIpc) is 2.54. The summed E-state index contributed by atoms with van der Waals surface area (Å²) in [4.78, 5) is 25.9. The largest absolute Gasteiger partial charge is 0.490 e. The third-order valence-corrected chi connectivity index (χ3v) is 3.53. The number of rotatable bonds is 3. The molecule has 0 spiro atoms. The SMILES string of the molecule is N#Cc1cccnc1N1CCC(CC(=O)O)CC1.O=C(O)C(F)(F)F. The molecule has 1 saturated heterocycles. The van der Waals surface area contributed by atoms with Crippen LogP contribution in [0.4, 0.5) is 19.0 Å². The number of pyridine rings is 1. The minimum Gasteiger partial charge on any atom is -0.481 e. The molecule has 0 aromatic carbocycles. The summed E-state index contributed by atoms with van der Waals surface area (Å²) in [5.74, 6) is -2.53. The molecule has 2 N–H and O–H groups in total. The van der Waals surface area contributed by atoms with Crippen molar-refractivity contribution in [2.24, 2.45) is 5.92 Å². The van der Waals surface area contributed by atoms with Crippen LogP contribution < -0.4 is 4.90 Å². The molecule has 1 aromatic rings. The van der Waals surface area contributed by atoms with Crippen molar-refractivity contribution in [3.63, 3.8) is 0 Å². The number of aromatic nitrogens is 1. The second kappa shape index (κ2) is 8.86. The molecule has 0 unspecified atom stereocenters. The molecule has 1 aliphatic heterocycles. The molecule has 7 nitrogen and oxygen atoms in total. The topological polar surface area (TPSA) is 115 Å². The number of hydrogen-bond acceptors (Lipinski definition) is 5. The quantitative estimate of drug-likeness (QED) is 0.851. The summed E-state index contributed by atoms with van der Waals surface area (Å²) in [5, 5.41) is 24.9. The van der Waals surface area contributed by atoms with Crippen LogP contribution in [0.5, 0.6) is 0 Å². The summed E-state index contributed by atoms with van der Waals surface area (Å²) in [6.45, 7) is 1.54. The molecule has 0 radical (unpaired) electrons. The van der Waals surface area contributed by atoms with Gasteiger partial charge in [0.25, 0.3) is 0 Å². The van der Waals surface area contributed by atoms with Crippen LogP contribution in [0.25, 0.3) is 0 Å². The molecular weight excluding hydrogens is 343 g/mol. The first kappa shape index (κ1) is 20.2. The Hall–Kier alpha value is -2.83. The van der Waals surface area contributed by atoms with E-state index < -0.39 is 18.1 Å². The fraction of sp³-hybridized carbons (Fsp3) is 0.467. The lowest BCUT2D eigenvalue weighted by molar-refractivity contribution is -0.192. The summed E-state index contributed by atoms with van der Waals surface area (Å²) in [7, 11) is 0. The Morgan fingerprint density at radius 3 is 2.32 bits per heavy atom. The van der Waals surface area contributed by atoms with Gasteiger partial charge in [-0.25, -0.2) is 9.78 Å². The summed E-state index contributed by atoms with van der Waals surface area (Å²) < 4.78 is 31.7. The van der Waals surface area contributed by atoms with E-state index in [1.54, 1.807) is 18.3 Å². The highest BCUT2D eigenvalue weighted by Gasteiger charge is 2.38. The Morgan fingerprint density at radius 2 is 1.88 bits per heavy atom. The molecule has 0 saturated carbocycles. The van der Waals surface area contributed by atoms with Crippen LogP contribution >= 0.6 is 0 Å². The van der Waals surface area contributed by atoms with Gasteiger partial charge in [-0.2, -0.15) is 18.4 Å². The van der Waals surface area contributed by atoms with Crippen molar-refractivity contribution in [2.75, 3.05) is 18.0 Å². The highest BCUT2D eigenvalue weighted by molar-refractivity contribution is 5.73. The molecule has 0 aliphatic carbocycles. The normalized spacial score (nSPS) is 14.9. The molecule has 0 bridgehead atoms. The van der Waals surface area contributed by atoms with E-state index in [-0.39, 0.29) is 12.3 Å². The minimum atomic E-state index is -5.08. The van der Waals surface area contributed by atoms with Crippen molar-refractivity contribution in [1.29, 1.82) is 5.26 Å². The first-order valence-electron chi connectivity index (χ1n) is 7.27. The van der Waals surface area contributed by atoms with Gasteiger partial charge in [0, 0.05) is 25.7 Å². The van der Waals surface area contributed by atoms with Gasteiger partial charge in [0.1, 0.15) is 11.9 Å². The predicted octanol–water partition coefficient (Wildman–Crippen LogP) is 2.28. The smallest absolute Gasteiger partial charge is 0.481 e. The maximum Gasteiger partial charge on any atom is 0.490 e. The number of hydrogen-bond donors (Lipinski definition) is 2. The number of carboxylic acids is 2. The lowest BCUT2D eigenvalue weighted by Gasteiger charge is -2.32. The molecular formula is C15H16F3N3O4. The Kier molecular flexibility index (Phi) is 7.17. The Morgan fingerprint density at radius 1 is 1.32 bits per heavy atom. The molecule has 2 heterocycles. The van der Waals surface area contributed by atoms with E-state index in [1.807, 2.05) is 0 Å². The Labute approximate surface area is 141 Å². The maximum atomic E-state index is 10.7. The summed E-state index contributed by atoms with van der Waals surface area (Å²) in [5.41, 5.74) is 0.578. The number of alkyl halides is 3. The van der Waals surface area contributed by atoms with Crippen LogP contribution in [0.15, 0.2) is 18.3 Å². The molecule has 10 heteroatoms. The second-order valence-electron chi connectivity index (χ2n) is 5.32. The van der Waals surface area contributed by atoms with E-state index in [9.17, 15) is 18.0 Å². The molecule has 25 heavy (non-hydrogen) atoms. The van der Waals surface area contributed by atoms with E-state index in [0.717, 1.165) is 25.9 Å². The fourth-order valence-corrected chi connectivity index (χ4v) is 2.33. The van der Waals surface area contributed by atoms with Crippen LogP contribution in [0.3, 0.4) is 0 Å². The number of halogens is 3. The molecule has 1 aromatic heterocycles. The summed E-state index contributed by atoms with van der Waals surface area (Å²) >= 11 is 0. The lowest BCUT2D eigenvalue weighted by atomic mass is 9.93. The van der Waals surface area contributed by atoms with Crippen molar-refractivity contribution >= 4 is 17.8 Å². The highest BCUT2D eigenvalue weighted by atomic mass is 19.4. The molecule has 1 fully saturated rings. The van der Waals surface area contributed by atoms with Crippen LogP contribution in [0.2, 0.25) is 0 Å². The Bertz CT molecular complexity index is 650. The van der Waals surface area contributed by atoms with Gasteiger partial charge in [-0.3, -0.25) is 4.79 Å². The zero-order chi connectivity index (χ0) is 19.0. The molecule has 2 rings (SSSR count). The summed E-state index contributed by atoms with van der Waals surface area (Å²) in [6, 6.07) is 5.64. The van der Waals surface area contributed by atoms with Gasteiger partial charge in [-0.1, -0.05) is 0 Å². The van der Waals surface area contributed by atoms with Crippen LogP contribution in [-0.2, 0) is 9.59 Å². The third-order valence-electron chi connectivity index (χ3n) is 3.53. The summed E-state index contributed by atoms with van der Waals surface area (Å²) in [6.07, 6.45) is -1.48. The zero-order valence-electron chi connectivity index (χ0n) is 13.0. The number of carboxylic acid groups (broad SMARTS) is 2. The lowest BCUT2D eigenvalue weighted by Crippen LogP contribution is -2.35. The molecule has 136 valence electrons. The van der Waals surface area contributed by atoms with Gasteiger partial charge in [0.2, 0.25) is 0 Å². The molecule has 0 atom stereocenters. The van der Waals surface area contributed by atoms with E-state index >= 15 is 0 Å². The van der Waals surface area contributed by atoms with Crippen molar-refractivity contribution < 1.29 is 33.0 Å². The third kappa shape index (κ3) is 6.66. The minimum absolute atomic E-state index is 0.237. The van der Waals surface area contributed by atoms with Crippen molar-refractivity contribution in [3.8, 4) is 6.07 Å². The van der Waals surface area contributed by atoms with E-state index in [1.165, 1.54) is 0 Å². The molecule has 1 aliphatic rings. The number of piperidine rings is 1. The van der Waals surface area contributed by atoms with Crippen LogP contribution in [-0.4, -0.2) is 46.4 Å². The number of anilines is 1. The zero-order valence-corrected chi connectivity index (χ0v) is 13.0. The van der Waals surface area contributed by atoms with Gasteiger partial charge in [-0.05, 0) is 30.9 Å². The van der Waals surface area contributed by atoms with Crippen LogP contribution in [0.1, 0.15) is 24.8 Å². The second-order valence-corrected chi connectivity index (χ2v) is 5.32. The average molecular weight is 359 g/mol. The monoisotopic (exact) mass is 359 g/mol. The van der Waals surface area contributed by atoms with Crippen LogP contribution in [0, 0.1) is 17.2 Å². The van der Waals surface area contributed by atoms with Gasteiger partial charge >= 0.3 is 18.1 Å². The molecule has 0 amide bonds. The highest BCUT2D eigenvalue weighted by Crippen LogP contribution is 2.25. The number of carbonyl (C=O) groups is 2. The number of nitriles is 1. The first-order valence-corrected chi connectivity index (χ1v) is 7.27. The van der Waals surface area contributed by atoms with Crippen molar-refractivity contribution in [1.82, 2.24) is 4.98 Å². The predicted molar refractivity (Wildman–Crippen MR) is 79.8 cm³/mol.